The maximum atomic E-state index is 12.3. The zero-order chi connectivity index (χ0) is 16.9. The van der Waals surface area contributed by atoms with E-state index in [4.69, 9.17) is 9.05 Å². The minimum atomic E-state index is -3.07. The van der Waals surface area contributed by atoms with Crippen LogP contribution in [0.25, 0.3) is 0 Å². The zero-order valence-corrected chi connectivity index (χ0v) is 15.9. The van der Waals surface area contributed by atoms with Crippen LogP contribution in [0.15, 0.2) is 24.3 Å². The quantitative estimate of drug-likeness (QED) is 0.188. The van der Waals surface area contributed by atoms with E-state index in [9.17, 15) is 14.2 Å². The van der Waals surface area contributed by atoms with E-state index in [1.807, 2.05) is 22.6 Å². The van der Waals surface area contributed by atoms with Crippen LogP contribution in [-0.4, -0.2) is 40.6 Å². The minimum absolute atomic E-state index is 0.262. The molecule has 1 atom stereocenters. The fraction of sp³-hybridized carbons (Fsp3) is 0.467. The number of rotatable bonds is 9. The summed E-state index contributed by atoms with van der Waals surface area (Å²) in [5.74, 6) is -0.524. The lowest BCUT2D eigenvalue weighted by Crippen LogP contribution is -2.30. The molecule has 1 aliphatic heterocycles. The molecular weight excluding hydrogens is 432 g/mol. The standard InChI is InChI=1S/C15H19INO5P/c1-2-21-23(20,22-11-16)10-6-5-9-17-14(18)12-7-3-4-8-13(12)15(17)19/h3-4,7-8H,2,5-6,9-11H2,1H3. The maximum Gasteiger partial charge on any atom is 0.331 e. The van der Waals surface area contributed by atoms with Crippen LogP contribution in [0.3, 0.4) is 0 Å². The van der Waals surface area contributed by atoms with Crippen molar-refractivity contribution >= 4 is 42.0 Å². The summed E-state index contributed by atoms with van der Waals surface area (Å²) in [4.78, 5) is 25.7. The van der Waals surface area contributed by atoms with Gasteiger partial charge >= 0.3 is 7.60 Å². The molecule has 0 aliphatic carbocycles. The molecular formula is C15H19INO5P. The summed E-state index contributed by atoms with van der Waals surface area (Å²) in [6.07, 6.45) is 1.40. The molecule has 1 unspecified atom stereocenters. The Morgan fingerprint density at radius 2 is 1.70 bits per heavy atom. The second kappa shape index (κ2) is 8.37. The Kier molecular flexibility index (Phi) is 6.76. The molecule has 1 heterocycles. The molecule has 0 N–H and O–H groups in total. The van der Waals surface area contributed by atoms with Crippen LogP contribution < -0.4 is 0 Å². The molecule has 1 aromatic carbocycles. The van der Waals surface area contributed by atoms with Gasteiger partial charge in [0.05, 0.1) is 23.9 Å². The van der Waals surface area contributed by atoms with Gasteiger partial charge in [-0.25, -0.2) is 0 Å². The predicted molar refractivity (Wildman–Crippen MR) is 95.1 cm³/mol. The third-order valence-corrected chi connectivity index (χ3v) is 6.36. The van der Waals surface area contributed by atoms with Crippen LogP contribution in [-0.2, 0) is 13.6 Å². The number of nitrogens with zero attached hydrogens (tertiary/aromatic N) is 1. The van der Waals surface area contributed by atoms with E-state index in [1.165, 1.54) is 4.90 Å². The van der Waals surface area contributed by atoms with E-state index in [0.29, 0.717) is 41.7 Å². The van der Waals surface area contributed by atoms with Gasteiger partial charge in [-0.3, -0.25) is 23.6 Å². The number of carbonyl (C=O) groups excluding carboxylic acids is 2. The topological polar surface area (TPSA) is 72.9 Å². The molecule has 0 radical (unpaired) electrons. The highest BCUT2D eigenvalue weighted by molar-refractivity contribution is 14.1. The molecule has 1 aliphatic rings. The van der Waals surface area contributed by atoms with Crippen molar-refractivity contribution in [2.75, 3.05) is 23.9 Å². The molecule has 2 rings (SSSR count). The van der Waals surface area contributed by atoms with Gasteiger partial charge in [0.25, 0.3) is 11.8 Å². The summed E-state index contributed by atoms with van der Waals surface area (Å²) in [5, 5.41) is 0. The van der Waals surface area contributed by atoms with Crippen molar-refractivity contribution in [3.05, 3.63) is 35.4 Å². The molecule has 126 valence electrons. The molecule has 8 heteroatoms. The van der Waals surface area contributed by atoms with E-state index < -0.39 is 7.60 Å². The van der Waals surface area contributed by atoms with Crippen LogP contribution in [0.1, 0.15) is 40.5 Å². The number of imide groups is 1. The van der Waals surface area contributed by atoms with E-state index in [0.717, 1.165) is 0 Å². The van der Waals surface area contributed by atoms with Crippen molar-refractivity contribution in [2.24, 2.45) is 0 Å². The smallest absolute Gasteiger partial charge is 0.309 e. The summed E-state index contributed by atoms with van der Waals surface area (Å²) in [6.45, 7) is 2.40. The van der Waals surface area contributed by atoms with Gasteiger partial charge in [-0.05, 0) is 31.9 Å². The number of hydrogen-bond donors (Lipinski definition) is 0. The van der Waals surface area contributed by atoms with Crippen molar-refractivity contribution in [1.82, 2.24) is 4.90 Å². The molecule has 23 heavy (non-hydrogen) atoms. The number of halogens is 1. The number of amides is 2. The van der Waals surface area contributed by atoms with Crippen LogP contribution in [0.5, 0.6) is 0 Å². The maximum absolute atomic E-state index is 12.3. The summed E-state index contributed by atoms with van der Waals surface area (Å²) in [6, 6.07) is 6.81. The first-order valence-corrected chi connectivity index (χ1v) is 10.7. The average Bonchev–Trinajstić information content (AvgIpc) is 2.77. The third kappa shape index (κ3) is 4.41. The summed E-state index contributed by atoms with van der Waals surface area (Å²) < 4.78 is 23.0. The molecule has 0 saturated carbocycles. The largest absolute Gasteiger partial charge is 0.331 e. The highest BCUT2D eigenvalue weighted by Crippen LogP contribution is 2.49. The number of fused-ring (bicyclic) bond motifs is 1. The van der Waals surface area contributed by atoms with Gasteiger partial charge in [-0.15, -0.1) is 0 Å². The Bertz CT molecular complexity index is 591. The SMILES string of the molecule is CCOP(=O)(CCCCN1C(=O)c2ccccc2C1=O)OCI. The minimum Gasteiger partial charge on any atom is -0.309 e. The van der Waals surface area contributed by atoms with Gasteiger partial charge < -0.3 is 4.52 Å². The monoisotopic (exact) mass is 451 g/mol. The lowest BCUT2D eigenvalue weighted by molar-refractivity contribution is 0.0652. The number of benzene rings is 1. The van der Waals surface area contributed by atoms with Crippen molar-refractivity contribution in [1.29, 1.82) is 0 Å². The van der Waals surface area contributed by atoms with Gasteiger partial charge in [0.1, 0.15) is 4.61 Å². The molecule has 6 nitrogen and oxygen atoms in total. The number of alkyl halides is 1. The van der Waals surface area contributed by atoms with Crippen molar-refractivity contribution in [3.63, 3.8) is 0 Å². The van der Waals surface area contributed by atoms with Crippen LogP contribution in [0, 0.1) is 0 Å². The molecule has 0 aromatic heterocycles. The zero-order valence-electron chi connectivity index (χ0n) is 12.9. The fourth-order valence-electron chi connectivity index (χ4n) is 2.45. The Labute approximate surface area is 149 Å². The van der Waals surface area contributed by atoms with Gasteiger partial charge in [0.2, 0.25) is 0 Å². The molecule has 0 spiro atoms. The highest BCUT2D eigenvalue weighted by Gasteiger charge is 2.34. The summed E-state index contributed by atoms with van der Waals surface area (Å²) >= 11 is 1.98. The first kappa shape index (κ1) is 18.6. The lowest BCUT2D eigenvalue weighted by Gasteiger charge is -2.17. The molecule has 1 aromatic rings. The van der Waals surface area contributed by atoms with Gasteiger partial charge in [-0.1, -0.05) is 34.7 Å². The highest BCUT2D eigenvalue weighted by atomic mass is 127. The van der Waals surface area contributed by atoms with Gasteiger partial charge in [0.15, 0.2) is 0 Å². The molecule has 2 amide bonds. The van der Waals surface area contributed by atoms with Gasteiger partial charge in [-0.2, -0.15) is 0 Å². The Morgan fingerprint density at radius 3 is 2.22 bits per heavy atom. The third-order valence-electron chi connectivity index (χ3n) is 3.51. The predicted octanol–water partition coefficient (Wildman–Crippen LogP) is 3.70. The van der Waals surface area contributed by atoms with Crippen LogP contribution in [0.4, 0.5) is 0 Å². The number of carbonyl (C=O) groups is 2. The Balaban J connectivity index is 1.87. The fourth-order valence-corrected chi connectivity index (χ4v) is 5.21. The second-order valence-electron chi connectivity index (χ2n) is 5.01. The second-order valence-corrected chi connectivity index (χ2v) is 7.81. The van der Waals surface area contributed by atoms with Crippen molar-refractivity contribution in [2.45, 2.75) is 19.8 Å². The summed E-state index contributed by atoms with van der Waals surface area (Å²) in [7, 11) is -3.07. The van der Waals surface area contributed by atoms with E-state index in [2.05, 4.69) is 0 Å². The first-order chi connectivity index (χ1) is 11.0. The average molecular weight is 451 g/mol. The van der Waals surface area contributed by atoms with E-state index >= 15 is 0 Å². The normalized spacial score (nSPS) is 16.5. The number of hydrogen-bond acceptors (Lipinski definition) is 5. The molecule has 0 bridgehead atoms. The van der Waals surface area contributed by atoms with E-state index in [1.54, 1.807) is 31.2 Å². The van der Waals surface area contributed by atoms with Gasteiger partial charge in [0, 0.05) is 6.54 Å². The Morgan fingerprint density at radius 1 is 1.09 bits per heavy atom. The number of unbranched alkanes of at least 4 members (excludes halogenated alkanes) is 1. The Hall–Kier alpha value is -0.760. The van der Waals surface area contributed by atoms with Crippen LogP contribution in [0.2, 0.25) is 0 Å². The van der Waals surface area contributed by atoms with Crippen molar-refractivity contribution < 1.29 is 23.2 Å². The van der Waals surface area contributed by atoms with Crippen molar-refractivity contribution in [3.8, 4) is 0 Å². The molecule has 0 fully saturated rings. The van der Waals surface area contributed by atoms with E-state index in [-0.39, 0.29) is 18.0 Å². The van der Waals surface area contributed by atoms with Crippen LogP contribution >= 0.6 is 30.2 Å². The lowest BCUT2D eigenvalue weighted by atomic mass is 10.1. The summed E-state index contributed by atoms with van der Waals surface area (Å²) in [5.41, 5.74) is 0.900. The molecule has 0 saturated heterocycles. The first-order valence-electron chi connectivity index (χ1n) is 7.41.